The first-order chi connectivity index (χ1) is 7.61. The maximum Gasteiger partial charge on any atom is 0.180 e. The Morgan fingerprint density at radius 1 is 1.38 bits per heavy atom. The van der Waals surface area contributed by atoms with E-state index in [4.69, 9.17) is 5.73 Å². The number of nitrogen functional groups attached to an aromatic ring is 1. The molecule has 3 nitrogen and oxygen atoms in total. The number of hydrogen-bond donors (Lipinski definition) is 2. The molecule has 0 unspecified atom stereocenters. The Bertz CT molecular complexity index is 520. The Kier molecular flexibility index (Phi) is 2.94. The van der Waals surface area contributed by atoms with Gasteiger partial charge >= 0.3 is 0 Å². The molecule has 0 aliphatic heterocycles. The van der Waals surface area contributed by atoms with E-state index in [2.05, 4.69) is 18.0 Å². The zero-order valence-corrected chi connectivity index (χ0v) is 10.1. The first-order valence-corrected chi connectivity index (χ1v) is 5.87. The Balaban J connectivity index is 2.57. The second kappa shape index (κ2) is 4.23. The molecule has 84 valence electrons. The predicted molar refractivity (Wildman–Crippen MR) is 67.4 cm³/mol. The van der Waals surface area contributed by atoms with Gasteiger partial charge in [-0.1, -0.05) is 35.1 Å². The highest BCUT2D eigenvalue weighted by molar-refractivity contribution is 7.15. The Hall–Kier alpha value is -1.39. The van der Waals surface area contributed by atoms with Crippen molar-refractivity contribution in [1.29, 1.82) is 0 Å². The zero-order valence-electron chi connectivity index (χ0n) is 9.32. The normalized spacial score (nSPS) is 10.7. The third kappa shape index (κ3) is 1.94. The minimum atomic E-state index is -0.0164. The van der Waals surface area contributed by atoms with Gasteiger partial charge in [-0.3, -0.25) is 0 Å². The van der Waals surface area contributed by atoms with Crippen LogP contribution in [0, 0.1) is 13.8 Å². The number of nitrogens with zero attached hydrogens (tertiary/aromatic N) is 1. The Morgan fingerprint density at radius 2 is 2.12 bits per heavy atom. The second-order valence-electron chi connectivity index (χ2n) is 3.80. The van der Waals surface area contributed by atoms with Gasteiger partial charge in [-0.2, -0.15) is 0 Å². The second-order valence-corrected chi connectivity index (χ2v) is 4.92. The van der Waals surface area contributed by atoms with Gasteiger partial charge in [-0.15, -0.1) is 0 Å². The van der Waals surface area contributed by atoms with Crippen LogP contribution >= 0.6 is 11.3 Å². The van der Waals surface area contributed by atoms with Crippen LogP contribution in [0.1, 0.15) is 16.0 Å². The van der Waals surface area contributed by atoms with E-state index >= 15 is 0 Å². The smallest absolute Gasteiger partial charge is 0.180 e. The summed E-state index contributed by atoms with van der Waals surface area (Å²) in [5.74, 6) is 0. The fourth-order valence-corrected chi connectivity index (χ4v) is 2.47. The van der Waals surface area contributed by atoms with Crippen LogP contribution in [0.4, 0.5) is 5.13 Å². The van der Waals surface area contributed by atoms with Crippen molar-refractivity contribution in [1.82, 2.24) is 4.98 Å². The van der Waals surface area contributed by atoms with Gasteiger partial charge in [0.1, 0.15) is 0 Å². The summed E-state index contributed by atoms with van der Waals surface area (Å²) in [6.07, 6.45) is 0. The molecule has 0 saturated carbocycles. The summed E-state index contributed by atoms with van der Waals surface area (Å²) in [6, 6.07) is 6.17. The van der Waals surface area contributed by atoms with Crippen molar-refractivity contribution in [3.8, 4) is 11.3 Å². The van der Waals surface area contributed by atoms with Crippen molar-refractivity contribution in [3.05, 3.63) is 34.2 Å². The van der Waals surface area contributed by atoms with E-state index in [-0.39, 0.29) is 6.61 Å². The molecule has 1 aromatic carbocycles. The van der Waals surface area contributed by atoms with Crippen LogP contribution in [-0.2, 0) is 6.61 Å². The zero-order chi connectivity index (χ0) is 11.7. The van der Waals surface area contributed by atoms with Crippen molar-refractivity contribution < 1.29 is 5.11 Å². The van der Waals surface area contributed by atoms with Gasteiger partial charge in [0, 0.05) is 5.56 Å². The molecular formula is C12H14N2OS. The topological polar surface area (TPSA) is 59.1 Å². The molecule has 0 radical (unpaired) electrons. The molecule has 16 heavy (non-hydrogen) atoms. The van der Waals surface area contributed by atoms with E-state index in [9.17, 15) is 5.11 Å². The van der Waals surface area contributed by atoms with Crippen LogP contribution in [0.15, 0.2) is 18.2 Å². The molecule has 0 bridgehead atoms. The minimum absolute atomic E-state index is 0.0164. The summed E-state index contributed by atoms with van der Waals surface area (Å²) < 4.78 is 0. The van der Waals surface area contributed by atoms with E-state index in [0.29, 0.717) is 5.13 Å². The Morgan fingerprint density at radius 3 is 2.75 bits per heavy atom. The number of aliphatic hydroxyl groups excluding tert-OH is 1. The Labute approximate surface area is 98.6 Å². The number of aromatic nitrogens is 1. The molecule has 3 N–H and O–H groups in total. The highest BCUT2D eigenvalue weighted by atomic mass is 32.1. The van der Waals surface area contributed by atoms with Gasteiger partial charge in [0.15, 0.2) is 5.13 Å². The number of nitrogens with two attached hydrogens (primary N) is 1. The van der Waals surface area contributed by atoms with E-state index in [1.54, 1.807) is 0 Å². The average molecular weight is 234 g/mol. The molecule has 0 atom stereocenters. The lowest BCUT2D eigenvalue weighted by molar-refractivity contribution is 0.286. The molecule has 0 aliphatic carbocycles. The molecule has 2 aromatic rings. The van der Waals surface area contributed by atoms with Crippen LogP contribution in [0.5, 0.6) is 0 Å². The lowest BCUT2D eigenvalue weighted by Crippen LogP contribution is -1.90. The number of aryl methyl sites for hydroxylation is 2. The maximum absolute atomic E-state index is 9.25. The van der Waals surface area contributed by atoms with E-state index in [1.165, 1.54) is 16.9 Å². The predicted octanol–water partition coefficient (Wildman–Crippen LogP) is 2.50. The number of rotatable bonds is 2. The van der Waals surface area contributed by atoms with Crippen molar-refractivity contribution in [2.24, 2.45) is 0 Å². The minimum Gasteiger partial charge on any atom is -0.391 e. The van der Waals surface area contributed by atoms with Crippen LogP contribution < -0.4 is 5.73 Å². The van der Waals surface area contributed by atoms with Crippen molar-refractivity contribution in [2.75, 3.05) is 5.73 Å². The quantitative estimate of drug-likeness (QED) is 0.839. The lowest BCUT2D eigenvalue weighted by Gasteiger charge is -2.05. The van der Waals surface area contributed by atoms with Crippen LogP contribution in [0.3, 0.4) is 0 Å². The molecule has 0 spiro atoms. The number of anilines is 1. The summed E-state index contributed by atoms with van der Waals surface area (Å²) in [6.45, 7) is 4.08. The highest BCUT2D eigenvalue weighted by Gasteiger charge is 2.12. The largest absolute Gasteiger partial charge is 0.391 e. The standard InChI is InChI=1S/C12H14N2OS/c1-7-3-4-9(8(2)5-7)11-10(6-15)16-12(13)14-11/h3-5,15H,6H2,1-2H3,(H2,13,14). The summed E-state index contributed by atoms with van der Waals surface area (Å²) in [4.78, 5) is 5.10. The number of benzene rings is 1. The third-order valence-corrected chi connectivity index (χ3v) is 3.36. The van der Waals surface area contributed by atoms with Gasteiger partial charge in [0.2, 0.25) is 0 Å². The van der Waals surface area contributed by atoms with E-state index in [1.807, 2.05) is 19.1 Å². The van der Waals surface area contributed by atoms with Crippen molar-refractivity contribution >= 4 is 16.5 Å². The molecule has 0 amide bonds. The van der Waals surface area contributed by atoms with Crippen LogP contribution in [-0.4, -0.2) is 10.1 Å². The van der Waals surface area contributed by atoms with Gasteiger partial charge in [0.05, 0.1) is 17.2 Å². The average Bonchev–Trinajstić information content (AvgIpc) is 2.59. The molecule has 0 fully saturated rings. The van der Waals surface area contributed by atoms with Gasteiger partial charge in [0.25, 0.3) is 0 Å². The monoisotopic (exact) mass is 234 g/mol. The molecular weight excluding hydrogens is 220 g/mol. The van der Waals surface area contributed by atoms with Gasteiger partial charge in [-0.05, 0) is 19.4 Å². The highest BCUT2D eigenvalue weighted by Crippen LogP contribution is 2.31. The van der Waals surface area contributed by atoms with Crippen molar-refractivity contribution in [3.63, 3.8) is 0 Å². The lowest BCUT2D eigenvalue weighted by atomic mass is 10.0. The number of thiazole rings is 1. The van der Waals surface area contributed by atoms with Crippen molar-refractivity contribution in [2.45, 2.75) is 20.5 Å². The van der Waals surface area contributed by atoms with E-state index in [0.717, 1.165) is 21.7 Å². The summed E-state index contributed by atoms with van der Waals surface area (Å²) in [7, 11) is 0. The maximum atomic E-state index is 9.25. The number of hydrogen-bond acceptors (Lipinski definition) is 4. The fraction of sp³-hybridized carbons (Fsp3) is 0.250. The first-order valence-electron chi connectivity index (χ1n) is 5.05. The van der Waals surface area contributed by atoms with Crippen LogP contribution in [0.2, 0.25) is 0 Å². The fourth-order valence-electron chi connectivity index (χ4n) is 1.77. The molecule has 4 heteroatoms. The van der Waals surface area contributed by atoms with Gasteiger partial charge in [-0.25, -0.2) is 4.98 Å². The third-order valence-electron chi connectivity index (χ3n) is 2.49. The molecule has 0 saturated heterocycles. The summed E-state index contributed by atoms with van der Waals surface area (Å²) in [5, 5.41) is 9.75. The summed E-state index contributed by atoms with van der Waals surface area (Å²) in [5.41, 5.74) is 9.89. The molecule has 1 aromatic heterocycles. The molecule has 0 aliphatic rings. The first kappa shape index (κ1) is 11.1. The number of aliphatic hydroxyl groups is 1. The summed E-state index contributed by atoms with van der Waals surface area (Å²) >= 11 is 1.34. The van der Waals surface area contributed by atoms with Crippen LogP contribution in [0.25, 0.3) is 11.3 Å². The molecule has 2 rings (SSSR count). The SMILES string of the molecule is Cc1ccc(-c2nc(N)sc2CO)c(C)c1. The molecule has 1 heterocycles. The van der Waals surface area contributed by atoms with E-state index < -0.39 is 0 Å². The van der Waals surface area contributed by atoms with Gasteiger partial charge < -0.3 is 10.8 Å².